The van der Waals surface area contributed by atoms with E-state index in [0.717, 1.165) is 11.3 Å². The second-order valence-electron chi connectivity index (χ2n) is 7.27. The summed E-state index contributed by atoms with van der Waals surface area (Å²) in [4.78, 5) is 29.3. The van der Waals surface area contributed by atoms with Gasteiger partial charge in [0.15, 0.2) is 0 Å². The van der Waals surface area contributed by atoms with Crippen LogP contribution in [0.15, 0.2) is 54.7 Å². The Morgan fingerprint density at radius 2 is 1.71 bits per heavy atom. The van der Waals surface area contributed by atoms with E-state index in [4.69, 9.17) is 9.47 Å². The molecule has 168 valence electrons. The second kappa shape index (κ2) is 13.4. The molecule has 2 rings (SSSR count). The number of hydrogen-bond donors (Lipinski definition) is 0. The topological polar surface area (TPSA) is 64.0 Å². The first-order valence-corrected chi connectivity index (χ1v) is 10.4. The van der Waals surface area contributed by atoms with Crippen molar-refractivity contribution < 1.29 is 19.1 Å². The van der Waals surface area contributed by atoms with Crippen molar-refractivity contribution in [2.24, 2.45) is 7.05 Å². The molecule has 0 aliphatic carbocycles. The van der Waals surface area contributed by atoms with E-state index < -0.39 is 0 Å². The average Bonchev–Trinajstić information content (AvgIpc) is 3.19. The predicted octanol–water partition coefficient (Wildman–Crippen LogP) is 2.58. The molecule has 2 aromatic rings. The summed E-state index contributed by atoms with van der Waals surface area (Å²) in [6, 6.07) is 13.5. The zero-order valence-corrected chi connectivity index (χ0v) is 18.7. The van der Waals surface area contributed by atoms with Gasteiger partial charge in [0.25, 0.3) is 0 Å². The number of carbonyl (C=O) groups excluding carboxylic acids is 2. The molecule has 0 saturated carbocycles. The molecule has 1 aromatic heterocycles. The molecule has 0 spiro atoms. The normalized spacial score (nSPS) is 11.1. The molecule has 0 atom stereocenters. The second-order valence-corrected chi connectivity index (χ2v) is 7.27. The predicted molar refractivity (Wildman–Crippen MR) is 121 cm³/mol. The highest BCUT2D eigenvalue weighted by Gasteiger charge is 2.21. The van der Waals surface area contributed by atoms with Gasteiger partial charge in [-0.1, -0.05) is 30.3 Å². The van der Waals surface area contributed by atoms with Crippen LogP contribution in [0.3, 0.4) is 0 Å². The maximum atomic E-state index is 13.1. The Labute approximate surface area is 184 Å². The van der Waals surface area contributed by atoms with Gasteiger partial charge in [-0.15, -0.1) is 0 Å². The van der Waals surface area contributed by atoms with E-state index in [9.17, 15) is 9.59 Å². The van der Waals surface area contributed by atoms with Gasteiger partial charge in [-0.2, -0.15) is 0 Å². The van der Waals surface area contributed by atoms with Crippen molar-refractivity contribution in [1.29, 1.82) is 0 Å². The fourth-order valence-electron chi connectivity index (χ4n) is 3.12. The number of amides is 2. The molecule has 0 aliphatic heterocycles. The first-order valence-electron chi connectivity index (χ1n) is 10.4. The van der Waals surface area contributed by atoms with Crippen molar-refractivity contribution in [3.63, 3.8) is 0 Å². The summed E-state index contributed by atoms with van der Waals surface area (Å²) in [5.41, 5.74) is 1.95. The van der Waals surface area contributed by atoms with E-state index in [1.165, 1.54) is 6.08 Å². The SMILES string of the molecule is COCCCN(CC(=O)N(CCOC)Cc1cccn1C)C(=O)C=Cc1ccccc1. The van der Waals surface area contributed by atoms with Gasteiger partial charge < -0.3 is 23.8 Å². The smallest absolute Gasteiger partial charge is 0.247 e. The number of aryl methyl sites for hydroxylation is 1. The lowest BCUT2D eigenvalue weighted by Crippen LogP contribution is -2.44. The molecule has 0 aliphatic rings. The van der Waals surface area contributed by atoms with E-state index in [1.54, 1.807) is 30.1 Å². The average molecular weight is 428 g/mol. The van der Waals surface area contributed by atoms with Crippen LogP contribution in [0.2, 0.25) is 0 Å². The minimum atomic E-state index is -0.195. The first-order chi connectivity index (χ1) is 15.0. The lowest BCUT2D eigenvalue weighted by molar-refractivity contribution is -0.139. The summed E-state index contributed by atoms with van der Waals surface area (Å²) in [5.74, 6) is -0.309. The van der Waals surface area contributed by atoms with Gasteiger partial charge in [0.2, 0.25) is 11.8 Å². The molecular weight excluding hydrogens is 394 g/mol. The van der Waals surface area contributed by atoms with Crippen LogP contribution in [-0.2, 0) is 32.7 Å². The van der Waals surface area contributed by atoms with Gasteiger partial charge in [-0.3, -0.25) is 9.59 Å². The van der Waals surface area contributed by atoms with E-state index in [0.29, 0.717) is 39.3 Å². The van der Waals surface area contributed by atoms with Gasteiger partial charge >= 0.3 is 0 Å². The quantitative estimate of drug-likeness (QED) is 0.364. The Morgan fingerprint density at radius 1 is 0.968 bits per heavy atom. The standard InChI is InChI=1S/C24H33N3O4/c1-25-14-7-11-22(25)19-27(16-18-31-3)24(29)20-26(15-8-17-30-2)23(28)13-12-21-9-5-4-6-10-21/h4-7,9-14H,8,15-20H2,1-3H3. The highest BCUT2D eigenvalue weighted by atomic mass is 16.5. The Hall–Kier alpha value is -2.90. The number of carbonyl (C=O) groups is 2. The van der Waals surface area contributed by atoms with Crippen molar-refractivity contribution in [1.82, 2.24) is 14.4 Å². The van der Waals surface area contributed by atoms with Crippen LogP contribution in [0, 0.1) is 0 Å². The molecule has 0 radical (unpaired) electrons. The number of methoxy groups -OCH3 is 2. The number of hydrogen-bond acceptors (Lipinski definition) is 4. The monoisotopic (exact) mass is 427 g/mol. The lowest BCUT2D eigenvalue weighted by atomic mass is 10.2. The third-order valence-electron chi connectivity index (χ3n) is 4.95. The number of nitrogens with zero attached hydrogens (tertiary/aromatic N) is 3. The van der Waals surface area contributed by atoms with E-state index >= 15 is 0 Å². The largest absolute Gasteiger partial charge is 0.385 e. The van der Waals surface area contributed by atoms with Crippen molar-refractivity contribution in [3.8, 4) is 0 Å². The molecule has 7 nitrogen and oxygen atoms in total. The van der Waals surface area contributed by atoms with Crippen molar-refractivity contribution >= 4 is 17.9 Å². The lowest BCUT2D eigenvalue weighted by Gasteiger charge is -2.27. The molecule has 0 saturated heterocycles. The van der Waals surface area contributed by atoms with Crippen molar-refractivity contribution in [2.75, 3.05) is 47.1 Å². The molecular formula is C24H33N3O4. The van der Waals surface area contributed by atoms with Gasteiger partial charge in [0.1, 0.15) is 6.54 Å². The maximum Gasteiger partial charge on any atom is 0.247 e. The van der Waals surface area contributed by atoms with E-state index in [1.807, 2.05) is 60.3 Å². The summed E-state index contributed by atoms with van der Waals surface area (Å²) in [6.07, 6.45) is 5.89. The zero-order chi connectivity index (χ0) is 22.5. The Balaban J connectivity index is 2.09. The van der Waals surface area contributed by atoms with Crippen LogP contribution < -0.4 is 0 Å². The van der Waals surface area contributed by atoms with E-state index in [2.05, 4.69) is 0 Å². The number of aromatic nitrogens is 1. The molecule has 1 heterocycles. The van der Waals surface area contributed by atoms with Gasteiger partial charge in [-0.25, -0.2) is 0 Å². The summed E-state index contributed by atoms with van der Waals surface area (Å²) >= 11 is 0. The Kier molecular flexibility index (Phi) is 10.5. The van der Waals surface area contributed by atoms with Crippen molar-refractivity contribution in [2.45, 2.75) is 13.0 Å². The third kappa shape index (κ3) is 8.39. The maximum absolute atomic E-state index is 13.1. The molecule has 7 heteroatoms. The molecule has 2 amide bonds. The number of benzene rings is 1. The summed E-state index contributed by atoms with van der Waals surface area (Å²) in [7, 11) is 5.18. The zero-order valence-electron chi connectivity index (χ0n) is 18.7. The minimum absolute atomic E-state index is 0.00974. The molecule has 0 bridgehead atoms. The van der Waals surface area contributed by atoms with Gasteiger partial charge in [-0.05, 0) is 30.2 Å². The molecule has 1 aromatic carbocycles. The Bertz CT molecular complexity index is 832. The first kappa shape index (κ1) is 24.4. The van der Waals surface area contributed by atoms with E-state index in [-0.39, 0.29) is 18.4 Å². The number of rotatable bonds is 13. The molecule has 0 unspecified atom stereocenters. The highest BCUT2D eigenvalue weighted by Crippen LogP contribution is 2.08. The molecule has 0 fully saturated rings. The van der Waals surface area contributed by atoms with Gasteiger partial charge in [0.05, 0.1) is 13.2 Å². The summed E-state index contributed by atoms with van der Waals surface area (Å²) in [6.45, 7) is 2.33. The van der Waals surface area contributed by atoms with Crippen LogP contribution in [-0.4, -0.2) is 73.2 Å². The molecule has 0 N–H and O–H groups in total. The summed E-state index contributed by atoms with van der Waals surface area (Å²) < 4.78 is 12.3. The molecule has 31 heavy (non-hydrogen) atoms. The third-order valence-corrected chi connectivity index (χ3v) is 4.95. The van der Waals surface area contributed by atoms with Gasteiger partial charge in [0, 0.05) is 58.9 Å². The van der Waals surface area contributed by atoms with Crippen LogP contribution >= 0.6 is 0 Å². The minimum Gasteiger partial charge on any atom is -0.385 e. The van der Waals surface area contributed by atoms with Crippen LogP contribution in [0.5, 0.6) is 0 Å². The summed E-state index contributed by atoms with van der Waals surface area (Å²) in [5, 5.41) is 0. The van der Waals surface area contributed by atoms with Crippen LogP contribution in [0.4, 0.5) is 0 Å². The van der Waals surface area contributed by atoms with Crippen LogP contribution in [0.1, 0.15) is 17.7 Å². The fraction of sp³-hybridized carbons (Fsp3) is 0.417. The van der Waals surface area contributed by atoms with Crippen LogP contribution in [0.25, 0.3) is 6.08 Å². The Morgan fingerprint density at radius 3 is 2.35 bits per heavy atom. The van der Waals surface area contributed by atoms with Crippen molar-refractivity contribution in [3.05, 3.63) is 66.0 Å². The highest BCUT2D eigenvalue weighted by molar-refractivity contribution is 5.94. The fourth-order valence-corrected chi connectivity index (χ4v) is 3.12. The number of ether oxygens (including phenoxy) is 2.